The molecule has 4 heterocycles. The third-order valence-corrected chi connectivity index (χ3v) is 12.6. The number of amides is 4. The number of nitrogens with zero attached hydrogens (tertiary/aromatic N) is 3. The van der Waals surface area contributed by atoms with E-state index in [9.17, 15) is 29.4 Å². The van der Waals surface area contributed by atoms with Gasteiger partial charge in [-0.25, -0.2) is 0 Å². The van der Waals surface area contributed by atoms with Crippen LogP contribution in [0.5, 0.6) is 17.2 Å². The van der Waals surface area contributed by atoms with Crippen LogP contribution in [-0.4, -0.2) is 107 Å². The summed E-state index contributed by atoms with van der Waals surface area (Å²) in [6.07, 6.45) is 5.15. The highest BCUT2D eigenvalue weighted by Crippen LogP contribution is 2.37. The molecule has 318 valence electrons. The van der Waals surface area contributed by atoms with Crippen molar-refractivity contribution in [2.75, 3.05) is 56.7 Å². The van der Waals surface area contributed by atoms with Gasteiger partial charge in [-0.15, -0.1) is 11.6 Å². The van der Waals surface area contributed by atoms with Gasteiger partial charge in [0.05, 0.1) is 11.1 Å². The summed E-state index contributed by atoms with van der Waals surface area (Å²) in [6, 6.07) is 27.1. The molecule has 4 aliphatic heterocycles. The third-order valence-electron chi connectivity index (χ3n) is 12.4. The zero-order valence-electron chi connectivity index (χ0n) is 34.2. The molecule has 61 heavy (non-hydrogen) atoms. The molecule has 4 N–H and O–H groups in total. The molecule has 0 aliphatic carbocycles. The minimum atomic E-state index is -0.974. The summed E-state index contributed by atoms with van der Waals surface area (Å²) in [4.78, 5) is 56.5. The van der Waals surface area contributed by atoms with Crippen LogP contribution in [0, 0.1) is 5.92 Å². The number of halogens is 1. The number of aromatic hydroxyl groups is 2. The molecular formula is C48H52ClN5O7. The lowest BCUT2D eigenvalue weighted by Crippen LogP contribution is -2.54. The highest BCUT2D eigenvalue weighted by Gasteiger charge is 2.45. The van der Waals surface area contributed by atoms with E-state index in [0.29, 0.717) is 42.0 Å². The molecule has 3 saturated heterocycles. The lowest BCUT2D eigenvalue weighted by Gasteiger charge is -2.37. The number of fused-ring (bicyclic) bond motifs is 1. The van der Waals surface area contributed by atoms with E-state index in [0.717, 1.165) is 109 Å². The molecule has 8 rings (SSSR count). The molecule has 1 unspecified atom stereocenters. The van der Waals surface area contributed by atoms with Gasteiger partial charge in [0.15, 0.2) is 0 Å². The molecule has 0 aromatic heterocycles. The van der Waals surface area contributed by atoms with E-state index in [1.807, 2.05) is 42.5 Å². The Morgan fingerprint density at radius 1 is 0.770 bits per heavy atom. The van der Waals surface area contributed by atoms with Crippen LogP contribution in [0.1, 0.15) is 82.4 Å². The number of hydrogen-bond donors (Lipinski definition) is 4. The van der Waals surface area contributed by atoms with Gasteiger partial charge in [0.25, 0.3) is 11.8 Å². The number of anilines is 1. The van der Waals surface area contributed by atoms with Gasteiger partial charge in [0.1, 0.15) is 29.9 Å². The molecule has 4 aromatic carbocycles. The Balaban J connectivity index is 0.802. The van der Waals surface area contributed by atoms with E-state index in [1.165, 1.54) is 0 Å². The van der Waals surface area contributed by atoms with Crippen molar-refractivity contribution in [2.24, 2.45) is 5.92 Å². The number of ether oxygens (including phenoxy) is 1. The van der Waals surface area contributed by atoms with Gasteiger partial charge in [0, 0.05) is 43.7 Å². The molecular weight excluding hydrogens is 794 g/mol. The van der Waals surface area contributed by atoms with Gasteiger partial charge in [-0.1, -0.05) is 36.4 Å². The summed E-state index contributed by atoms with van der Waals surface area (Å²) in [5.41, 5.74) is 6.48. The van der Waals surface area contributed by atoms with E-state index in [2.05, 4.69) is 32.6 Å². The Morgan fingerprint density at radius 2 is 1.43 bits per heavy atom. The van der Waals surface area contributed by atoms with E-state index < -0.39 is 29.7 Å². The number of phenolic OH excluding ortho intramolecular Hbond substituents is 2. The molecule has 0 bridgehead atoms. The van der Waals surface area contributed by atoms with Crippen molar-refractivity contribution in [3.05, 3.63) is 119 Å². The number of allylic oxidation sites excluding steroid dienone is 1. The third kappa shape index (κ3) is 9.62. The van der Waals surface area contributed by atoms with Crippen LogP contribution in [0.2, 0.25) is 0 Å². The quantitative estimate of drug-likeness (QED) is 0.0635. The molecule has 4 aliphatic rings. The second-order valence-electron chi connectivity index (χ2n) is 16.4. The maximum atomic E-state index is 13.4. The molecule has 0 saturated carbocycles. The highest BCUT2D eigenvalue weighted by molar-refractivity contribution is 6.23. The summed E-state index contributed by atoms with van der Waals surface area (Å²) >= 11 is 6.31. The molecule has 13 heteroatoms. The summed E-state index contributed by atoms with van der Waals surface area (Å²) < 4.78 is 6.23. The lowest BCUT2D eigenvalue weighted by atomic mass is 9.88. The van der Waals surface area contributed by atoms with Crippen molar-refractivity contribution >= 4 is 52.1 Å². The molecule has 0 radical (unpaired) electrons. The van der Waals surface area contributed by atoms with Crippen LogP contribution in [0.25, 0.3) is 11.1 Å². The van der Waals surface area contributed by atoms with Crippen molar-refractivity contribution < 1.29 is 34.1 Å². The standard InChI is InChI=1S/C48H52ClN5O7/c49-22-19-40(32-3-10-37(55)11-4-32)45(33-5-12-38(56)13-6-33)34-7-14-39(15-8-34)61-27-26-52-24-20-31(21-25-52)29-50-35-2-1-23-53(30-35)36-9-16-41-42(28-36)48(60)54(47(41)59)43-17-18-44(57)51-46(43)58/h3-16,28,31,35,43,50,55-56H,1-2,17-27,29-30H2,(H,51,57,58)/t35-,43?/m1/s1. The molecule has 0 spiro atoms. The van der Waals surface area contributed by atoms with Crippen LogP contribution < -0.4 is 20.3 Å². The number of nitrogens with one attached hydrogen (secondary N) is 2. The Bertz CT molecular complexity index is 2270. The lowest BCUT2D eigenvalue weighted by molar-refractivity contribution is -0.136. The monoisotopic (exact) mass is 845 g/mol. The minimum Gasteiger partial charge on any atom is -0.508 e. The van der Waals surface area contributed by atoms with Crippen LogP contribution in [-0.2, 0) is 9.59 Å². The Morgan fingerprint density at radius 3 is 2.10 bits per heavy atom. The summed E-state index contributed by atoms with van der Waals surface area (Å²) in [5.74, 6) is 0.247. The van der Waals surface area contributed by atoms with E-state index in [-0.39, 0.29) is 24.3 Å². The predicted molar refractivity (Wildman–Crippen MR) is 235 cm³/mol. The largest absolute Gasteiger partial charge is 0.508 e. The van der Waals surface area contributed by atoms with E-state index in [1.54, 1.807) is 36.4 Å². The Hall–Kier alpha value is -5.69. The van der Waals surface area contributed by atoms with E-state index in [4.69, 9.17) is 16.3 Å². The first kappa shape index (κ1) is 42.0. The van der Waals surface area contributed by atoms with Crippen LogP contribution in [0.3, 0.4) is 0 Å². The average molecular weight is 846 g/mol. The second-order valence-corrected chi connectivity index (χ2v) is 16.8. The van der Waals surface area contributed by atoms with Gasteiger partial charge in [-0.2, -0.15) is 0 Å². The average Bonchev–Trinajstić information content (AvgIpc) is 3.52. The molecule has 4 aromatic rings. The van der Waals surface area contributed by atoms with Crippen molar-refractivity contribution in [2.45, 2.75) is 57.0 Å². The van der Waals surface area contributed by atoms with Gasteiger partial charge >= 0.3 is 0 Å². The second kappa shape index (κ2) is 18.9. The number of carbonyl (C=O) groups excluding carboxylic acids is 4. The van der Waals surface area contributed by atoms with E-state index >= 15 is 0 Å². The fourth-order valence-corrected chi connectivity index (χ4v) is 9.29. The fraction of sp³-hybridized carbons (Fsp3) is 0.375. The van der Waals surface area contributed by atoms with Crippen molar-refractivity contribution in [1.29, 1.82) is 0 Å². The van der Waals surface area contributed by atoms with Gasteiger partial charge in [0.2, 0.25) is 11.8 Å². The number of imide groups is 2. The maximum absolute atomic E-state index is 13.4. The minimum absolute atomic E-state index is 0.0925. The fourth-order valence-electron chi connectivity index (χ4n) is 9.11. The first-order valence-corrected chi connectivity index (χ1v) is 21.9. The smallest absolute Gasteiger partial charge is 0.262 e. The predicted octanol–water partition coefficient (Wildman–Crippen LogP) is 6.44. The molecule has 4 amide bonds. The number of hydrogen-bond acceptors (Lipinski definition) is 10. The topological polar surface area (TPSA) is 152 Å². The van der Waals surface area contributed by atoms with Gasteiger partial charge in [-0.05, 0) is 147 Å². The number of likely N-dealkylation sites (tertiary alicyclic amines) is 1. The zero-order chi connectivity index (χ0) is 42.5. The first-order chi connectivity index (χ1) is 29.6. The molecule has 12 nitrogen and oxygen atoms in total. The number of carbonyl (C=O) groups is 4. The maximum Gasteiger partial charge on any atom is 0.262 e. The number of piperidine rings is 3. The zero-order valence-corrected chi connectivity index (χ0v) is 34.9. The van der Waals surface area contributed by atoms with Crippen LogP contribution in [0.4, 0.5) is 5.69 Å². The number of alkyl halides is 1. The first-order valence-electron chi connectivity index (χ1n) is 21.3. The number of benzene rings is 4. The highest BCUT2D eigenvalue weighted by atomic mass is 35.5. The summed E-state index contributed by atoms with van der Waals surface area (Å²) in [7, 11) is 0. The molecule has 2 atom stereocenters. The van der Waals surface area contributed by atoms with Crippen molar-refractivity contribution in [1.82, 2.24) is 20.4 Å². The normalized spacial score (nSPS) is 20.4. The van der Waals surface area contributed by atoms with Crippen molar-refractivity contribution in [3.63, 3.8) is 0 Å². The van der Waals surface area contributed by atoms with Gasteiger partial charge in [-0.3, -0.25) is 34.3 Å². The number of rotatable bonds is 14. The van der Waals surface area contributed by atoms with Crippen LogP contribution in [0.15, 0.2) is 91.0 Å². The van der Waals surface area contributed by atoms with Gasteiger partial charge < -0.3 is 25.2 Å². The Labute approximate surface area is 361 Å². The summed E-state index contributed by atoms with van der Waals surface area (Å²) in [6.45, 7) is 6.08. The Kier molecular flexibility index (Phi) is 13.0. The SMILES string of the molecule is O=C1CCC(N2C(=O)c3ccc(N4CCC[C@@H](NCC5CCN(CCOc6ccc(C(=C(CCCl)c7ccc(O)cc7)c7ccc(O)cc7)cc6)CC5)C4)cc3C2=O)C(=O)N1. The van der Waals surface area contributed by atoms with Crippen LogP contribution >= 0.6 is 11.6 Å². The van der Waals surface area contributed by atoms with Crippen molar-refractivity contribution in [3.8, 4) is 17.2 Å². The summed E-state index contributed by atoms with van der Waals surface area (Å²) in [5, 5.41) is 26.0. The number of phenols is 2. The molecule has 3 fully saturated rings.